The van der Waals surface area contributed by atoms with Gasteiger partial charge in [-0.15, -0.1) is 0 Å². The molecule has 1 amide bonds. The minimum atomic E-state index is -2.95. The van der Waals surface area contributed by atoms with Gasteiger partial charge in [0.1, 0.15) is 17.1 Å². The van der Waals surface area contributed by atoms with Crippen molar-refractivity contribution >= 4 is 12.0 Å². The van der Waals surface area contributed by atoms with Gasteiger partial charge in [0.25, 0.3) is 0 Å². The molecule has 0 aliphatic rings. The van der Waals surface area contributed by atoms with Crippen LogP contribution in [0.1, 0.15) is 18.2 Å². The molecule has 5 nitrogen and oxygen atoms in total. The van der Waals surface area contributed by atoms with E-state index in [9.17, 15) is 18.7 Å². The molecule has 0 radical (unpaired) electrons. The van der Waals surface area contributed by atoms with E-state index in [-0.39, 0.29) is 12.3 Å². The summed E-state index contributed by atoms with van der Waals surface area (Å²) in [5, 5.41) is 12.7. The number of aliphatic hydroxyl groups is 1. The van der Waals surface area contributed by atoms with Crippen molar-refractivity contribution < 1.29 is 27.8 Å². The monoisotopic (exact) mass is 337 g/mol. The van der Waals surface area contributed by atoms with E-state index in [2.05, 4.69) is 10.1 Å². The molecule has 0 saturated carbocycles. The lowest BCUT2D eigenvalue weighted by Gasteiger charge is -2.20. The van der Waals surface area contributed by atoms with Gasteiger partial charge in [0.05, 0.1) is 12.8 Å². The van der Waals surface area contributed by atoms with Crippen LogP contribution in [0.25, 0.3) is 6.08 Å². The normalized spacial score (nSPS) is 13.9. The highest BCUT2D eigenvalue weighted by Crippen LogP contribution is 2.22. The molecule has 7 heteroatoms. The number of alkyl halides is 2. The van der Waals surface area contributed by atoms with Crippen LogP contribution >= 0.6 is 0 Å². The molecule has 1 heterocycles. The van der Waals surface area contributed by atoms with E-state index in [0.29, 0.717) is 11.3 Å². The molecule has 0 aliphatic carbocycles. The van der Waals surface area contributed by atoms with E-state index in [0.717, 1.165) is 0 Å². The second-order valence-corrected chi connectivity index (χ2v) is 5.22. The number of hydrogen-bond donors (Lipinski definition) is 2. The third kappa shape index (κ3) is 4.92. The predicted molar refractivity (Wildman–Crippen MR) is 83.4 cm³/mol. The number of furan rings is 1. The Bertz CT molecular complexity index is 696. The first-order chi connectivity index (χ1) is 11.4. The van der Waals surface area contributed by atoms with E-state index in [4.69, 9.17) is 4.42 Å². The lowest BCUT2D eigenvalue weighted by atomic mass is 10.0. The first-order valence-corrected chi connectivity index (χ1v) is 7.14. The minimum Gasteiger partial charge on any atom is -0.466 e. The average Bonchev–Trinajstić information content (AvgIpc) is 3.07. The first kappa shape index (κ1) is 17.7. The second-order valence-electron chi connectivity index (χ2n) is 5.22. The molecule has 128 valence electrons. The number of halogens is 2. The quantitative estimate of drug-likeness (QED) is 0.762. The van der Waals surface area contributed by atoms with Crippen molar-refractivity contribution in [3.8, 4) is 5.75 Å². The maximum Gasteiger partial charge on any atom is 0.387 e. The van der Waals surface area contributed by atoms with Crippen LogP contribution in [0.2, 0.25) is 0 Å². The number of carbonyl (C=O) groups is 1. The molecule has 1 atom stereocenters. The predicted octanol–water partition coefficient (Wildman–Crippen LogP) is 2.92. The van der Waals surface area contributed by atoms with Crippen LogP contribution in [0.4, 0.5) is 8.78 Å². The van der Waals surface area contributed by atoms with Crippen molar-refractivity contribution in [2.45, 2.75) is 19.1 Å². The van der Waals surface area contributed by atoms with Gasteiger partial charge in [-0.05, 0) is 31.2 Å². The van der Waals surface area contributed by atoms with Gasteiger partial charge < -0.3 is 19.6 Å². The number of hydrogen-bond acceptors (Lipinski definition) is 4. The van der Waals surface area contributed by atoms with Crippen LogP contribution in [0.15, 0.2) is 53.2 Å². The summed E-state index contributed by atoms with van der Waals surface area (Å²) in [6.07, 6.45) is 3.95. The zero-order chi connectivity index (χ0) is 17.6. The molecule has 1 aromatic heterocycles. The van der Waals surface area contributed by atoms with E-state index < -0.39 is 18.1 Å². The summed E-state index contributed by atoms with van der Waals surface area (Å²) in [6.45, 7) is -1.52. The van der Waals surface area contributed by atoms with E-state index in [1.165, 1.54) is 31.4 Å². The van der Waals surface area contributed by atoms with Crippen molar-refractivity contribution in [1.29, 1.82) is 0 Å². The molecular formula is C17H17F2NO4. The Kier molecular flexibility index (Phi) is 5.70. The fourth-order valence-electron chi connectivity index (χ4n) is 1.98. The zero-order valence-corrected chi connectivity index (χ0v) is 12.9. The smallest absolute Gasteiger partial charge is 0.387 e. The van der Waals surface area contributed by atoms with Crippen LogP contribution in [0.3, 0.4) is 0 Å². The summed E-state index contributed by atoms with van der Waals surface area (Å²) >= 11 is 0. The summed E-state index contributed by atoms with van der Waals surface area (Å²) in [6, 6.07) is 9.34. The molecule has 0 bridgehead atoms. The highest BCUT2D eigenvalue weighted by atomic mass is 19.3. The Balaban J connectivity index is 1.96. The maximum absolute atomic E-state index is 12.3. The molecule has 0 aliphatic heterocycles. The molecule has 24 heavy (non-hydrogen) atoms. The molecule has 1 unspecified atom stereocenters. The number of benzene rings is 1. The SMILES string of the molecule is CC(O)(CNC(=O)C=Cc1ccccc1OC(F)F)c1ccco1. The van der Waals surface area contributed by atoms with Crippen molar-refractivity contribution in [3.05, 3.63) is 60.1 Å². The summed E-state index contributed by atoms with van der Waals surface area (Å²) in [4.78, 5) is 11.8. The Hall–Kier alpha value is -2.67. The fraction of sp³-hybridized carbons (Fsp3) is 0.235. The lowest BCUT2D eigenvalue weighted by Crippen LogP contribution is -2.37. The van der Waals surface area contributed by atoms with E-state index >= 15 is 0 Å². The molecule has 1 aromatic carbocycles. The summed E-state index contributed by atoms with van der Waals surface area (Å²) in [5.74, 6) is -0.199. The number of amides is 1. The van der Waals surface area contributed by atoms with Gasteiger partial charge in [-0.1, -0.05) is 18.2 Å². The standard InChI is InChI=1S/C17H17F2NO4/c1-17(22,14-7-4-10-23-14)11-20-15(21)9-8-12-5-2-3-6-13(12)24-16(18)19/h2-10,16,22H,11H2,1H3,(H,20,21). The molecule has 0 saturated heterocycles. The second kappa shape index (κ2) is 7.74. The van der Waals surface area contributed by atoms with Gasteiger partial charge in [0.15, 0.2) is 0 Å². The van der Waals surface area contributed by atoms with E-state index in [1.54, 1.807) is 30.3 Å². The molecular weight excluding hydrogens is 320 g/mol. The minimum absolute atomic E-state index is 0.0286. The summed E-state index contributed by atoms with van der Waals surface area (Å²) in [5.41, 5.74) is -1.02. The number of nitrogens with one attached hydrogen (secondary N) is 1. The summed E-state index contributed by atoms with van der Waals surface area (Å²) in [7, 11) is 0. The van der Waals surface area contributed by atoms with Gasteiger partial charge in [0, 0.05) is 11.6 Å². The lowest BCUT2D eigenvalue weighted by molar-refractivity contribution is -0.117. The van der Waals surface area contributed by atoms with Gasteiger partial charge in [-0.25, -0.2) is 0 Å². The molecule has 2 aromatic rings. The van der Waals surface area contributed by atoms with E-state index in [1.807, 2.05) is 0 Å². The highest BCUT2D eigenvalue weighted by molar-refractivity contribution is 5.92. The van der Waals surface area contributed by atoms with Crippen LogP contribution in [0, 0.1) is 0 Å². The van der Waals surface area contributed by atoms with Crippen molar-refractivity contribution in [1.82, 2.24) is 5.32 Å². The van der Waals surface area contributed by atoms with Crippen LogP contribution in [-0.4, -0.2) is 24.2 Å². The third-order valence-electron chi connectivity index (χ3n) is 3.21. The Morgan fingerprint density at radius 1 is 1.38 bits per heavy atom. The summed E-state index contributed by atoms with van der Waals surface area (Å²) < 4.78 is 34.1. The van der Waals surface area contributed by atoms with Crippen LogP contribution in [-0.2, 0) is 10.4 Å². The number of ether oxygens (including phenoxy) is 1. The molecule has 0 fully saturated rings. The van der Waals surface area contributed by atoms with Crippen molar-refractivity contribution in [2.75, 3.05) is 6.54 Å². The first-order valence-electron chi connectivity index (χ1n) is 7.14. The third-order valence-corrected chi connectivity index (χ3v) is 3.21. The number of para-hydroxylation sites is 1. The van der Waals surface area contributed by atoms with Gasteiger partial charge in [0.2, 0.25) is 5.91 Å². The molecule has 2 N–H and O–H groups in total. The largest absolute Gasteiger partial charge is 0.466 e. The maximum atomic E-state index is 12.3. The molecule has 2 rings (SSSR count). The highest BCUT2D eigenvalue weighted by Gasteiger charge is 2.26. The van der Waals surface area contributed by atoms with Gasteiger partial charge in [-0.2, -0.15) is 8.78 Å². The Morgan fingerprint density at radius 3 is 2.79 bits per heavy atom. The number of rotatable bonds is 7. The van der Waals surface area contributed by atoms with Crippen LogP contribution in [0.5, 0.6) is 5.75 Å². The number of carbonyl (C=O) groups excluding carboxylic acids is 1. The fourth-order valence-corrected chi connectivity index (χ4v) is 1.98. The molecule has 0 spiro atoms. The average molecular weight is 337 g/mol. The Labute approximate surface area is 137 Å². The van der Waals surface area contributed by atoms with Gasteiger partial charge >= 0.3 is 6.61 Å². The topological polar surface area (TPSA) is 71.7 Å². The zero-order valence-electron chi connectivity index (χ0n) is 12.9. The van der Waals surface area contributed by atoms with Crippen molar-refractivity contribution in [3.63, 3.8) is 0 Å². The Morgan fingerprint density at radius 2 is 2.12 bits per heavy atom. The van der Waals surface area contributed by atoms with Crippen LogP contribution < -0.4 is 10.1 Å². The van der Waals surface area contributed by atoms with Gasteiger partial charge in [-0.3, -0.25) is 4.79 Å². The van der Waals surface area contributed by atoms with Crippen molar-refractivity contribution in [2.24, 2.45) is 0 Å².